The third-order valence-corrected chi connectivity index (χ3v) is 3.19. The minimum absolute atomic E-state index is 0.764. The summed E-state index contributed by atoms with van der Waals surface area (Å²) < 4.78 is 0. The van der Waals surface area contributed by atoms with Crippen molar-refractivity contribution in [3.63, 3.8) is 0 Å². The zero-order chi connectivity index (χ0) is 9.40. The van der Waals surface area contributed by atoms with E-state index < -0.39 is 0 Å². The molecular weight excluding hydrogens is 282 g/mol. The smallest absolute Gasteiger partial charge is 0.00897 e. The van der Waals surface area contributed by atoms with E-state index in [0.717, 1.165) is 16.7 Å². The molecule has 0 bridgehead atoms. The second kappa shape index (κ2) is 8.52. The highest BCUT2D eigenvalue weighted by Gasteiger charge is 2.09. The summed E-state index contributed by atoms with van der Waals surface area (Å²) in [6.07, 6.45) is 5.19. The van der Waals surface area contributed by atoms with E-state index >= 15 is 0 Å². The van der Waals surface area contributed by atoms with E-state index in [0.29, 0.717) is 0 Å². The molecule has 3 heteroatoms. The maximum absolute atomic E-state index is 3.47. The molecule has 0 N–H and O–H groups in total. The fraction of sp³-hybridized carbons (Fsp3) is 1.00. The van der Waals surface area contributed by atoms with Crippen LogP contribution in [0, 0.1) is 0 Å². The van der Waals surface area contributed by atoms with Crippen molar-refractivity contribution in [2.45, 2.75) is 31.7 Å². The van der Waals surface area contributed by atoms with E-state index in [2.05, 4.69) is 50.9 Å². The molecule has 74 valence electrons. The summed E-state index contributed by atoms with van der Waals surface area (Å²) in [5, 5.41) is 2.26. The Balaban J connectivity index is 3.55. The first-order valence-electron chi connectivity index (χ1n) is 4.50. The minimum Gasteiger partial charge on any atom is -0.306 e. The summed E-state index contributed by atoms with van der Waals surface area (Å²) in [6, 6.07) is 0.764. The van der Waals surface area contributed by atoms with Crippen LogP contribution in [0.25, 0.3) is 0 Å². The first-order chi connectivity index (χ1) is 5.72. The Morgan fingerprint density at radius 3 is 1.67 bits per heavy atom. The Kier molecular flexibility index (Phi) is 9.17. The van der Waals surface area contributed by atoms with Gasteiger partial charge in [-0.1, -0.05) is 31.9 Å². The van der Waals surface area contributed by atoms with E-state index in [1.54, 1.807) is 0 Å². The van der Waals surface area contributed by atoms with Gasteiger partial charge in [-0.25, -0.2) is 0 Å². The van der Waals surface area contributed by atoms with Crippen LogP contribution in [0.3, 0.4) is 0 Å². The van der Waals surface area contributed by atoms with Crippen LogP contribution in [0.4, 0.5) is 0 Å². The Hall–Kier alpha value is 0.920. The highest BCUT2D eigenvalue weighted by molar-refractivity contribution is 9.09. The first kappa shape index (κ1) is 12.9. The molecule has 0 saturated heterocycles. The molecule has 0 heterocycles. The average Bonchev–Trinajstić information content (AvgIpc) is 2.04. The van der Waals surface area contributed by atoms with Crippen molar-refractivity contribution in [3.05, 3.63) is 0 Å². The SMILES string of the molecule is CN(C)C(CCCBr)CCCBr. The molecule has 0 amide bonds. The van der Waals surface area contributed by atoms with Gasteiger partial charge in [-0.3, -0.25) is 0 Å². The summed E-state index contributed by atoms with van der Waals surface area (Å²) in [6.45, 7) is 0. The predicted molar refractivity (Wildman–Crippen MR) is 63.5 cm³/mol. The standard InChI is InChI=1S/C9H19Br2N/c1-12(2)9(5-3-7-10)6-4-8-11/h9H,3-8H2,1-2H3. The van der Waals surface area contributed by atoms with E-state index in [1.807, 2.05) is 0 Å². The number of alkyl halides is 2. The molecule has 1 nitrogen and oxygen atoms in total. The molecule has 0 spiro atoms. The Labute approximate surface area is 93.2 Å². The van der Waals surface area contributed by atoms with Crippen LogP contribution in [0.15, 0.2) is 0 Å². The van der Waals surface area contributed by atoms with Gasteiger partial charge in [0.2, 0.25) is 0 Å². The summed E-state index contributed by atoms with van der Waals surface area (Å²) >= 11 is 6.93. The van der Waals surface area contributed by atoms with E-state index in [1.165, 1.54) is 25.7 Å². The molecule has 0 aromatic heterocycles. The second-order valence-electron chi connectivity index (χ2n) is 3.28. The number of hydrogen-bond acceptors (Lipinski definition) is 1. The maximum atomic E-state index is 3.47. The van der Waals surface area contributed by atoms with Crippen molar-refractivity contribution in [2.75, 3.05) is 24.8 Å². The molecule has 12 heavy (non-hydrogen) atoms. The summed E-state index contributed by atoms with van der Waals surface area (Å²) in [5.41, 5.74) is 0. The number of halogens is 2. The van der Waals surface area contributed by atoms with Crippen LogP contribution < -0.4 is 0 Å². The monoisotopic (exact) mass is 299 g/mol. The predicted octanol–water partition coefficient (Wildman–Crippen LogP) is 3.27. The first-order valence-corrected chi connectivity index (χ1v) is 6.75. The van der Waals surface area contributed by atoms with Crippen LogP contribution in [0.5, 0.6) is 0 Å². The minimum atomic E-state index is 0.764. The van der Waals surface area contributed by atoms with Gasteiger partial charge >= 0.3 is 0 Å². The fourth-order valence-corrected chi connectivity index (χ4v) is 1.93. The quantitative estimate of drug-likeness (QED) is 0.652. The van der Waals surface area contributed by atoms with E-state index in [9.17, 15) is 0 Å². The van der Waals surface area contributed by atoms with Crippen molar-refractivity contribution >= 4 is 31.9 Å². The number of rotatable bonds is 7. The fourth-order valence-electron chi connectivity index (χ4n) is 1.29. The van der Waals surface area contributed by atoms with E-state index in [4.69, 9.17) is 0 Å². The van der Waals surface area contributed by atoms with Crippen LogP contribution in [0.1, 0.15) is 25.7 Å². The van der Waals surface area contributed by atoms with Gasteiger partial charge in [-0.2, -0.15) is 0 Å². The van der Waals surface area contributed by atoms with Crippen molar-refractivity contribution < 1.29 is 0 Å². The molecule has 0 radical (unpaired) electrons. The lowest BCUT2D eigenvalue weighted by Crippen LogP contribution is -2.28. The van der Waals surface area contributed by atoms with Gasteiger partial charge in [0.25, 0.3) is 0 Å². The van der Waals surface area contributed by atoms with Gasteiger partial charge in [0.15, 0.2) is 0 Å². The zero-order valence-electron chi connectivity index (χ0n) is 8.02. The lowest BCUT2D eigenvalue weighted by molar-refractivity contribution is 0.262. The van der Waals surface area contributed by atoms with Crippen molar-refractivity contribution in [3.8, 4) is 0 Å². The zero-order valence-corrected chi connectivity index (χ0v) is 11.2. The molecule has 0 aliphatic carbocycles. The highest BCUT2D eigenvalue weighted by atomic mass is 79.9. The molecule has 0 aliphatic heterocycles. The molecular formula is C9H19Br2N. The summed E-state index contributed by atoms with van der Waals surface area (Å²) in [7, 11) is 4.35. The molecule has 0 atom stereocenters. The molecule has 0 rings (SSSR count). The summed E-state index contributed by atoms with van der Waals surface area (Å²) in [5.74, 6) is 0. The van der Waals surface area contributed by atoms with Crippen LogP contribution in [-0.4, -0.2) is 35.7 Å². The summed E-state index contributed by atoms with van der Waals surface area (Å²) in [4.78, 5) is 2.34. The van der Waals surface area contributed by atoms with Crippen molar-refractivity contribution in [1.82, 2.24) is 4.90 Å². The molecule has 0 aromatic rings. The van der Waals surface area contributed by atoms with Crippen LogP contribution >= 0.6 is 31.9 Å². The third-order valence-electron chi connectivity index (χ3n) is 2.07. The van der Waals surface area contributed by atoms with Crippen molar-refractivity contribution in [1.29, 1.82) is 0 Å². The molecule has 0 unspecified atom stereocenters. The number of nitrogens with zero attached hydrogens (tertiary/aromatic N) is 1. The third kappa shape index (κ3) is 6.44. The second-order valence-corrected chi connectivity index (χ2v) is 4.87. The Bertz CT molecular complexity index is 88.5. The van der Waals surface area contributed by atoms with Gasteiger partial charge < -0.3 is 4.90 Å². The molecule has 0 aromatic carbocycles. The van der Waals surface area contributed by atoms with Gasteiger partial charge in [0.1, 0.15) is 0 Å². The van der Waals surface area contributed by atoms with Crippen LogP contribution in [-0.2, 0) is 0 Å². The molecule has 0 saturated carbocycles. The van der Waals surface area contributed by atoms with Gasteiger partial charge in [-0.15, -0.1) is 0 Å². The lowest BCUT2D eigenvalue weighted by atomic mass is 10.1. The van der Waals surface area contributed by atoms with Gasteiger partial charge in [0, 0.05) is 16.7 Å². The Morgan fingerprint density at radius 1 is 1.00 bits per heavy atom. The lowest BCUT2D eigenvalue weighted by Gasteiger charge is -2.23. The largest absolute Gasteiger partial charge is 0.306 e. The van der Waals surface area contributed by atoms with Crippen LogP contribution in [0.2, 0.25) is 0 Å². The molecule has 0 fully saturated rings. The highest BCUT2D eigenvalue weighted by Crippen LogP contribution is 2.11. The normalized spacial score (nSPS) is 11.5. The average molecular weight is 301 g/mol. The number of hydrogen-bond donors (Lipinski definition) is 0. The maximum Gasteiger partial charge on any atom is 0.00897 e. The van der Waals surface area contributed by atoms with Gasteiger partial charge in [0.05, 0.1) is 0 Å². The van der Waals surface area contributed by atoms with Crippen molar-refractivity contribution in [2.24, 2.45) is 0 Å². The Morgan fingerprint density at radius 2 is 1.42 bits per heavy atom. The topological polar surface area (TPSA) is 3.24 Å². The van der Waals surface area contributed by atoms with E-state index in [-0.39, 0.29) is 0 Å². The van der Waals surface area contributed by atoms with Gasteiger partial charge in [-0.05, 0) is 39.8 Å². The molecule has 0 aliphatic rings.